The molecule has 12 N–H and O–H groups in total. The van der Waals surface area contributed by atoms with Gasteiger partial charge in [0.15, 0.2) is 18.9 Å². The maximum absolute atomic E-state index is 13.5. The molecule has 3 fully saturated rings. The topological polar surface area (TPSA) is 307 Å². The quantitative estimate of drug-likeness (QED) is 0.0199. The summed E-state index contributed by atoms with van der Waals surface area (Å²) >= 11 is 0. The second-order valence-corrected chi connectivity index (χ2v) is 28.9. The molecule has 19 nitrogen and oxygen atoms in total. The summed E-state index contributed by atoms with van der Waals surface area (Å²) in [7, 11) is 0. The van der Waals surface area contributed by atoms with Gasteiger partial charge in [0.05, 0.1) is 38.6 Å². The van der Waals surface area contributed by atoms with E-state index in [0.29, 0.717) is 12.8 Å². The van der Waals surface area contributed by atoms with E-state index in [1.54, 1.807) is 6.08 Å². The number of carbonyl (C=O) groups is 1. The lowest BCUT2D eigenvalue weighted by Crippen LogP contribution is -2.66. The molecule has 0 spiro atoms. The molecule has 3 aliphatic heterocycles. The van der Waals surface area contributed by atoms with Gasteiger partial charge in [0.2, 0.25) is 5.91 Å². The summed E-state index contributed by atoms with van der Waals surface area (Å²) in [6.45, 7) is 1.76. The van der Waals surface area contributed by atoms with Crippen molar-refractivity contribution in [3.8, 4) is 0 Å². The molecule has 3 saturated heterocycles. The van der Waals surface area contributed by atoms with Crippen LogP contribution in [0.3, 0.4) is 0 Å². The number of allylic oxidation sites excluding steroid dienone is 5. The number of unbranched alkanes of at least 4 members (excludes halogenated alkanes) is 44. The van der Waals surface area contributed by atoms with Gasteiger partial charge in [0.1, 0.15) is 73.2 Å². The number of carbonyl (C=O) groups excluding carboxylic acids is 1. The SMILES string of the molecule is CCCCCCCCCCCCCCC/C=C/CC/C=C/CC/C=C/C(O)C(COC1OC(CO)C(OC2OC(CO)C(OC3OC(CO)C(O)C(O)C3O)C(O)C2O)C(O)C1O)NC(=O)CCCCCCCCCCCCCCCCCCCCCCCCCCCCCCCC. The fourth-order valence-electron chi connectivity index (χ4n) is 13.7. The Bertz CT molecular complexity index is 1910. The summed E-state index contributed by atoms with van der Waals surface area (Å²) in [6.07, 6.45) is 47.1. The van der Waals surface area contributed by atoms with Gasteiger partial charge < -0.3 is 89.9 Å². The highest BCUT2D eigenvalue weighted by Gasteiger charge is 2.54. The first-order valence-electron chi connectivity index (χ1n) is 40.2. The molecule has 0 bridgehead atoms. The van der Waals surface area contributed by atoms with Gasteiger partial charge in [-0.2, -0.15) is 0 Å². The minimum atomic E-state index is -1.98. The van der Waals surface area contributed by atoms with E-state index in [1.807, 2.05) is 6.08 Å². The Morgan fingerprint density at radius 2 is 0.653 bits per heavy atom. The van der Waals surface area contributed by atoms with Crippen molar-refractivity contribution in [3.05, 3.63) is 36.5 Å². The van der Waals surface area contributed by atoms with E-state index in [-0.39, 0.29) is 18.9 Å². The van der Waals surface area contributed by atoms with Gasteiger partial charge in [-0.1, -0.05) is 314 Å². The van der Waals surface area contributed by atoms with Crippen molar-refractivity contribution in [2.24, 2.45) is 0 Å². The molecular formula is C79H147NO18. The van der Waals surface area contributed by atoms with Crippen molar-refractivity contribution in [1.82, 2.24) is 5.32 Å². The van der Waals surface area contributed by atoms with Crippen molar-refractivity contribution in [3.63, 3.8) is 0 Å². The third kappa shape index (κ3) is 40.3. The molecule has 17 atom stereocenters. The smallest absolute Gasteiger partial charge is 0.220 e. The van der Waals surface area contributed by atoms with Gasteiger partial charge >= 0.3 is 0 Å². The number of aliphatic hydroxyl groups excluding tert-OH is 11. The molecule has 0 aliphatic carbocycles. The second-order valence-electron chi connectivity index (χ2n) is 28.9. The van der Waals surface area contributed by atoms with Crippen molar-refractivity contribution >= 4 is 5.91 Å². The first-order chi connectivity index (χ1) is 47.8. The highest BCUT2D eigenvalue weighted by atomic mass is 16.8. The minimum Gasteiger partial charge on any atom is -0.394 e. The van der Waals surface area contributed by atoms with Gasteiger partial charge in [0, 0.05) is 6.42 Å². The first kappa shape index (κ1) is 90.2. The average Bonchev–Trinajstić information content (AvgIpc) is 0.785. The minimum absolute atomic E-state index is 0.236. The number of amides is 1. The van der Waals surface area contributed by atoms with E-state index in [1.165, 1.54) is 250 Å². The summed E-state index contributed by atoms with van der Waals surface area (Å²) in [4.78, 5) is 13.5. The Kier molecular flexibility index (Phi) is 55.5. The molecule has 3 rings (SSSR count). The number of hydrogen-bond acceptors (Lipinski definition) is 18. The van der Waals surface area contributed by atoms with Crippen LogP contribution in [0.1, 0.15) is 328 Å². The maximum atomic E-state index is 13.5. The normalized spacial score (nSPS) is 26.9. The maximum Gasteiger partial charge on any atom is 0.220 e. The highest BCUT2D eigenvalue weighted by Crippen LogP contribution is 2.33. The van der Waals surface area contributed by atoms with Crippen molar-refractivity contribution < 1.29 is 89.4 Å². The average molecular weight is 1400 g/mol. The summed E-state index contributed by atoms with van der Waals surface area (Å²) in [5.41, 5.74) is 0. The predicted molar refractivity (Wildman–Crippen MR) is 388 cm³/mol. The molecule has 0 aromatic heterocycles. The molecule has 98 heavy (non-hydrogen) atoms. The zero-order valence-electron chi connectivity index (χ0n) is 61.5. The van der Waals surface area contributed by atoms with Gasteiger partial charge in [-0.25, -0.2) is 0 Å². The van der Waals surface area contributed by atoms with E-state index >= 15 is 0 Å². The molecule has 576 valence electrons. The van der Waals surface area contributed by atoms with Crippen LogP contribution < -0.4 is 5.32 Å². The second kappa shape index (κ2) is 60.3. The van der Waals surface area contributed by atoms with E-state index < -0.39 is 124 Å². The van der Waals surface area contributed by atoms with E-state index in [2.05, 4.69) is 43.5 Å². The van der Waals surface area contributed by atoms with Crippen LogP contribution in [0.4, 0.5) is 0 Å². The molecule has 1 amide bonds. The Labute approximate surface area is 593 Å². The molecular weight excluding hydrogens is 1250 g/mol. The number of nitrogens with one attached hydrogen (secondary N) is 1. The van der Waals surface area contributed by atoms with Gasteiger partial charge in [-0.05, 0) is 44.9 Å². The van der Waals surface area contributed by atoms with Gasteiger partial charge in [-0.3, -0.25) is 4.79 Å². The zero-order valence-corrected chi connectivity index (χ0v) is 61.5. The molecule has 0 radical (unpaired) electrons. The summed E-state index contributed by atoms with van der Waals surface area (Å²) in [5.74, 6) is -0.283. The highest BCUT2D eigenvalue weighted by molar-refractivity contribution is 5.76. The van der Waals surface area contributed by atoms with E-state index in [9.17, 15) is 61.0 Å². The zero-order chi connectivity index (χ0) is 71.1. The standard InChI is InChI=1S/C79H147NO18/c1-3-5-7-9-11-13-15-17-19-21-23-25-27-28-29-30-31-32-33-35-37-39-41-43-45-47-49-51-53-55-57-67(85)80-62(63(84)56-54-52-50-48-46-44-42-40-38-36-34-26-24-22-20-18-16-14-12-10-8-6-4-2)61-93-77-73(91)70(88)75(65(59-82)95-77)98-79-74(92)71(89)76(66(60-83)96-79)97-78-72(90)69(87)68(86)64(58-81)94-78/h38,40,46,48,54,56,62-66,68-79,81-84,86-92H,3-37,39,41-45,47,49-53,55,57-61H2,1-2H3,(H,80,85)/b40-38+,48-46+,56-54+. The number of aliphatic hydroxyl groups is 11. The molecule has 19 heteroatoms. The lowest BCUT2D eigenvalue weighted by molar-refractivity contribution is -0.379. The molecule has 3 heterocycles. The van der Waals surface area contributed by atoms with Crippen LogP contribution in [0.2, 0.25) is 0 Å². The summed E-state index contributed by atoms with van der Waals surface area (Å²) < 4.78 is 34.4. The number of ether oxygens (including phenoxy) is 6. The van der Waals surface area contributed by atoms with Gasteiger partial charge in [0.25, 0.3) is 0 Å². The van der Waals surface area contributed by atoms with Crippen LogP contribution >= 0.6 is 0 Å². The van der Waals surface area contributed by atoms with Crippen LogP contribution in [0.25, 0.3) is 0 Å². The van der Waals surface area contributed by atoms with Gasteiger partial charge in [-0.15, -0.1) is 0 Å². The number of hydrogen-bond donors (Lipinski definition) is 12. The lowest BCUT2D eigenvalue weighted by Gasteiger charge is -2.48. The lowest BCUT2D eigenvalue weighted by atomic mass is 9.96. The van der Waals surface area contributed by atoms with Crippen LogP contribution in [0, 0.1) is 0 Å². The fraction of sp³-hybridized carbons (Fsp3) is 0.911. The van der Waals surface area contributed by atoms with Crippen LogP contribution in [0.15, 0.2) is 36.5 Å². The molecule has 0 aromatic carbocycles. The van der Waals surface area contributed by atoms with Crippen LogP contribution in [-0.2, 0) is 33.2 Å². The predicted octanol–water partition coefficient (Wildman–Crippen LogP) is 13.1. The Balaban J connectivity index is 1.38. The monoisotopic (exact) mass is 1400 g/mol. The fourth-order valence-corrected chi connectivity index (χ4v) is 13.7. The van der Waals surface area contributed by atoms with Crippen LogP contribution in [0.5, 0.6) is 0 Å². The third-order valence-corrected chi connectivity index (χ3v) is 20.2. The molecule has 17 unspecified atom stereocenters. The Morgan fingerprint density at radius 3 is 1.02 bits per heavy atom. The molecule has 0 aromatic rings. The van der Waals surface area contributed by atoms with E-state index in [4.69, 9.17) is 28.4 Å². The van der Waals surface area contributed by atoms with Crippen molar-refractivity contribution in [1.29, 1.82) is 0 Å². The largest absolute Gasteiger partial charge is 0.394 e. The molecule has 0 saturated carbocycles. The van der Waals surface area contributed by atoms with Crippen LogP contribution in [-0.4, -0.2) is 193 Å². The Morgan fingerprint density at radius 1 is 0.357 bits per heavy atom. The summed E-state index contributed by atoms with van der Waals surface area (Å²) in [5, 5.41) is 121. The Hall–Kier alpha value is -1.99. The first-order valence-corrected chi connectivity index (χ1v) is 40.2. The number of rotatable bonds is 64. The van der Waals surface area contributed by atoms with Crippen molar-refractivity contribution in [2.45, 2.75) is 433 Å². The van der Waals surface area contributed by atoms with E-state index in [0.717, 1.165) is 44.9 Å². The summed E-state index contributed by atoms with van der Waals surface area (Å²) in [6, 6.07) is -0.996. The third-order valence-electron chi connectivity index (χ3n) is 20.2. The molecule has 3 aliphatic rings. The van der Waals surface area contributed by atoms with Crippen molar-refractivity contribution in [2.75, 3.05) is 26.4 Å².